The van der Waals surface area contributed by atoms with E-state index in [1.165, 1.54) is 0 Å². The highest BCUT2D eigenvalue weighted by molar-refractivity contribution is 14.0. The molecule has 0 amide bonds. The number of thiazole rings is 1. The smallest absolute Gasteiger partial charge is 0.434 e. The molecule has 0 fully saturated rings. The first-order valence-corrected chi connectivity index (χ1v) is 9.14. The first-order valence-electron chi connectivity index (χ1n) is 8.26. The van der Waals surface area contributed by atoms with Crippen molar-refractivity contribution in [2.75, 3.05) is 20.7 Å². The number of nitrogens with zero attached hydrogens (tertiary/aromatic N) is 2. The Hall–Kier alpha value is -1.56. The van der Waals surface area contributed by atoms with E-state index >= 15 is 0 Å². The van der Waals surface area contributed by atoms with E-state index in [0.717, 1.165) is 28.0 Å². The van der Waals surface area contributed by atoms with Crippen LogP contribution >= 0.6 is 35.3 Å². The number of ether oxygens (including phenoxy) is 1. The van der Waals surface area contributed by atoms with Crippen LogP contribution in [0.15, 0.2) is 34.6 Å². The quantitative estimate of drug-likeness (QED) is 0.331. The third-order valence-electron chi connectivity index (χ3n) is 4.02. The summed E-state index contributed by atoms with van der Waals surface area (Å²) in [5, 5.41) is 7.56. The van der Waals surface area contributed by atoms with Crippen LogP contribution in [0.4, 0.5) is 13.2 Å². The van der Waals surface area contributed by atoms with Gasteiger partial charge in [-0.05, 0) is 17.7 Å². The van der Waals surface area contributed by atoms with Crippen LogP contribution in [0.5, 0.6) is 5.75 Å². The summed E-state index contributed by atoms with van der Waals surface area (Å²) in [6, 6.07) is 7.82. The number of hydrogen-bond acceptors (Lipinski definition) is 4. The van der Waals surface area contributed by atoms with Gasteiger partial charge in [-0.1, -0.05) is 26.0 Å². The summed E-state index contributed by atoms with van der Waals surface area (Å²) >= 11 is 0.963. The van der Waals surface area contributed by atoms with E-state index in [2.05, 4.69) is 34.5 Å². The third kappa shape index (κ3) is 6.80. The summed E-state index contributed by atoms with van der Waals surface area (Å²) in [6.45, 7) is 4.91. The van der Waals surface area contributed by atoms with E-state index in [1.54, 1.807) is 14.2 Å². The summed E-state index contributed by atoms with van der Waals surface area (Å²) in [6.07, 6.45) is -4.42. The third-order valence-corrected chi connectivity index (χ3v) is 4.87. The standard InChI is InChI=1S/C18H23F3N4OS.HI/c1-17(2,12-6-5-7-13(8-12)26-4)11-24-16(22-3)23-9-15-25-14(10-27-15)18(19,20)21;/h5-8,10H,9,11H2,1-4H3,(H2,22,23,24);1H. The second-order valence-corrected chi connectivity index (χ2v) is 7.46. The number of rotatable bonds is 6. The lowest BCUT2D eigenvalue weighted by Crippen LogP contribution is -2.43. The van der Waals surface area contributed by atoms with E-state index < -0.39 is 11.9 Å². The van der Waals surface area contributed by atoms with Crippen molar-refractivity contribution < 1.29 is 17.9 Å². The zero-order chi connectivity index (χ0) is 20.1. The summed E-state index contributed by atoms with van der Waals surface area (Å²) in [7, 11) is 3.23. The minimum Gasteiger partial charge on any atom is -0.497 e. The fraction of sp³-hybridized carbons (Fsp3) is 0.444. The van der Waals surface area contributed by atoms with Crippen molar-refractivity contribution in [3.05, 3.63) is 45.9 Å². The van der Waals surface area contributed by atoms with Crippen LogP contribution in [-0.4, -0.2) is 31.6 Å². The van der Waals surface area contributed by atoms with Crippen LogP contribution in [0.3, 0.4) is 0 Å². The Morgan fingerprint density at radius 2 is 1.96 bits per heavy atom. The van der Waals surface area contributed by atoms with Gasteiger partial charge >= 0.3 is 6.18 Å². The number of aromatic nitrogens is 1. The van der Waals surface area contributed by atoms with Gasteiger partial charge in [-0.15, -0.1) is 35.3 Å². The molecule has 156 valence electrons. The minimum absolute atomic E-state index is 0. The summed E-state index contributed by atoms with van der Waals surface area (Å²) < 4.78 is 43.1. The monoisotopic (exact) mass is 528 g/mol. The first kappa shape index (κ1) is 24.5. The van der Waals surface area contributed by atoms with Gasteiger partial charge in [-0.25, -0.2) is 4.98 Å². The van der Waals surface area contributed by atoms with Crippen LogP contribution in [0, 0.1) is 0 Å². The van der Waals surface area contributed by atoms with Gasteiger partial charge in [0, 0.05) is 24.4 Å². The second-order valence-electron chi connectivity index (χ2n) is 6.52. The van der Waals surface area contributed by atoms with Crippen molar-refractivity contribution in [1.82, 2.24) is 15.6 Å². The van der Waals surface area contributed by atoms with Gasteiger partial charge < -0.3 is 15.4 Å². The van der Waals surface area contributed by atoms with Crippen LogP contribution in [0.1, 0.15) is 30.1 Å². The number of hydrogen-bond donors (Lipinski definition) is 2. The molecule has 0 unspecified atom stereocenters. The summed E-state index contributed by atoms with van der Waals surface area (Å²) in [5.74, 6) is 1.28. The van der Waals surface area contributed by atoms with Crippen molar-refractivity contribution in [1.29, 1.82) is 0 Å². The van der Waals surface area contributed by atoms with Crippen molar-refractivity contribution in [2.45, 2.75) is 32.0 Å². The molecule has 0 spiro atoms. The molecular weight excluding hydrogens is 504 g/mol. The van der Waals surface area contributed by atoms with Crippen molar-refractivity contribution in [2.24, 2.45) is 4.99 Å². The predicted octanol–water partition coefficient (Wildman–Crippen LogP) is 4.43. The summed E-state index contributed by atoms with van der Waals surface area (Å²) in [5.41, 5.74) is 0.0162. The highest BCUT2D eigenvalue weighted by Gasteiger charge is 2.33. The molecule has 0 aliphatic heterocycles. The number of alkyl halides is 3. The van der Waals surface area contributed by atoms with Gasteiger partial charge in [-0.3, -0.25) is 4.99 Å². The van der Waals surface area contributed by atoms with E-state index in [0.29, 0.717) is 17.5 Å². The molecule has 10 heteroatoms. The number of guanidine groups is 1. The molecule has 0 bridgehead atoms. The highest BCUT2D eigenvalue weighted by Crippen LogP contribution is 2.30. The van der Waals surface area contributed by atoms with Crippen LogP contribution < -0.4 is 15.4 Å². The topological polar surface area (TPSA) is 58.5 Å². The van der Waals surface area contributed by atoms with Gasteiger partial charge in [0.25, 0.3) is 0 Å². The molecular formula is C18H24F3IN4OS. The van der Waals surface area contributed by atoms with Crippen molar-refractivity contribution in [3.63, 3.8) is 0 Å². The molecule has 1 aromatic heterocycles. The number of aliphatic imine (C=N–C) groups is 1. The zero-order valence-corrected chi connectivity index (χ0v) is 19.2. The Morgan fingerprint density at radius 3 is 2.54 bits per heavy atom. The predicted molar refractivity (Wildman–Crippen MR) is 117 cm³/mol. The molecule has 0 atom stereocenters. The Labute approximate surface area is 183 Å². The maximum absolute atomic E-state index is 12.6. The lowest BCUT2D eigenvalue weighted by molar-refractivity contribution is -0.140. The molecule has 1 heterocycles. The Balaban J connectivity index is 0.00000392. The maximum Gasteiger partial charge on any atom is 0.434 e. The van der Waals surface area contributed by atoms with Crippen molar-refractivity contribution >= 4 is 41.3 Å². The molecule has 0 saturated heterocycles. The number of nitrogens with one attached hydrogen (secondary N) is 2. The summed E-state index contributed by atoms with van der Waals surface area (Å²) in [4.78, 5) is 7.71. The molecule has 0 saturated carbocycles. The molecule has 0 aliphatic rings. The average molecular weight is 528 g/mol. The molecule has 2 N–H and O–H groups in total. The van der Waals surface area contributed by atoms with Gasteiger partial charge in [0.2, 0.25) is 0 Å². The molecule has 0 radical (unpaired) electrons. The Kier molecular flexibility index (Phi) is 8.99. The van der Waals surface area contributed by atoms with E-state index in [4.69, 9.17) is 4.74 Å². The normalized spacial score (nSPS) is 12.3. The van der Waals surface area contributed by atoms with Crippen molar-refractivity contribution in [3.8, 4) is 5.75 Å². The maximum atomic E-state index is 12.6. The fourth-order valence-corrected chi connectivity index (χ4v) is 3.09. The van der Waals surface area contributed by atoms with Gasteiger partial charge in [0.15, 0.2) is 11.7 Å². The Morgan fingerprint density at radius 1 is 1.25 bits per heavy atom. The van der Waals surface area contributed by atoms with E-state index in [9.17, 15) is 13.2 Å². The molecule has 28 heavy (non-hydrogen) atoms. The van der Waals surface area contributed by atoms with Gasteiger partial charge in [-0.2, -0.15) is 13.2 Å². The largest absolute Gasteiger partial charge is 0.497 e. The molecule has 5 nitrogen and oxygen atoms in total. The van der Waals surface area contributed by atoms with Gasteiger partial charge in [0.1, 0.15) is 10.8 Å². The fourth-order valence-electron chi connectivity index (χ4n) is 2.35. The number of benzene rings is 1. The van der Waals surface area contributed by atoms with Crippen LogP contribution in [-0.2, 0) is 18.1 Å². The molecule has 2 aromatic rings. The second kappa shape index (κ2) is 10.3. The van der Waals surface area contributed by atoms with Crippen LogP contribution in [0.25, 0.3) is 0 Å². The van der Waals surface area contributed by atoms with E-state index in [1.807, 2.05) is 24.3 Å². The van der Waals surface area contributed by atoms with Crippen LogP contribution in [0.2, 0.25) is 0 Å². The zero-order valence-electron chi connectivity index (χ0n) is 16.1. The highest BCUT2D eigenvalue weighted by atomic mass is 127. The first-order chi connectivity index (χ1) is 12.7. The number of halogens is 4. The minimum atomic E-state index is -4.42. The lowest BCUT2D eigenvalue weighted by atomic mass is 9.84. The SMILES string of the molecule is CN=C(NCc1nc(C(F)(F)F)cs1)NCC(C)(C)c1cccc(OC)c1.I. The average Bonchev–Trinajstić information content (AvgIpc) is 3.11. The van der Waals surface area contributed by atoms with E-state index in [-0.39, 0.29) is 35.9 Å². The molecule has 0 aliphatic carbocycles. The molecule has 2 rings (SSSR count). The van der Waals surface area contributed by atoms with Gasteiger partial charge in [0.05, 0.1) is 13.7 Å². The Bertz CT molecular complexity index is 793. The lowest BCUT2D eigenvalue weighted by Gasteiger charge is -2.27. The molecule has 1 aromatic carbocycles. The number of methoxy groups -OCH3 is 1.